The van der Waals surface area contributed by atoms with Gasteiger partial charge in [-0.2, -0.15) is 5.10 Å². The monoisotopic (exact) mass is 314 g/mol. The summed E-state index contributed by atoms with van der Waals surface area (Å²) in [5, 5.41) is 10.3. The molecule has 0 amide bonds. The molecule has 0 spiro atoms. The minimum atomic E-state index is -3.57. The van der Waals surface area contributed by atoms with E-state index in [9.17, 15) is 8.42 Å². The van der Waals surface area contributed by atoms with E-state index in [1.54, 1.807) is 6.92 Å². The Morgan fingerprint density at radius 1 is 1.38 bits per heavy atom. The number of rotatable bonds is 8. The van der Waals surface area contributed by atoms with Crippen molar-refractivity contribution in [3.8, 4) is 0 Å². The number of aryl methyl sites for hydroxylation is 1. The SMILES string of the molecule is CCCC(C)(C)NS(=O)(=O)c1c(CNC2CC2)n[nH]c1C. The van der Waals surface area contributed by atoms with Crippen LogP contribution in [0.15, 0.2) is 4.90 Å². The number of aromatic amines is 1. The molecule has 1 saturated carbocycles. The van der Waals surface area contributed by atoms with Crippen molar-refractivity contribution in [1.29, 1.82) is 0 Å². The lowest BCUT2D eigenvalue weighted by molar-refractivity contribution is 0.417. The fourth-order valence-electron chi connectivity index (χ4n) is 2.57. The second-order valence-corrected chi connectivity index (χ2v) is 8.14. The van der Waals surface area contributed by atoms with Crippen LogP contribution in [0.25, 0.3) is 0 Å². The molecule has 0 aliphatic heterocycles. The van der Waals surface area contributed by atoms with E-state index >= 15 is 0 Å². The zero-order chi connectivity index (χ0) is 15.7. The van der Waals surface area contributed by atoms with E-state index in [0.29, 0.717) is 28.9 Å². The van der Waals surface area contributed by atoms with Gasteiger partial charge in [0.15, 0.2) is 0 Å². The van der Waals surface area contributed by atoms with E-state index < -0.39 is 15.6 Å². The molecule has 2 rings (SSSR count). The van der Waals surface area contributed by atoms with Crippen molar-refractivity contribution >= 4 is 10.0 Å². The van der Waals surface area contributed by atoms with Crippen molar-refractivity contribution in [2.24, 2.45) is 0 Å². The maximum absolute atomic E-state index is 12.7. The Morgan fingerprint density at radius 3 is 2.62 bits per heavy atom. The van der Waals surface area contributed by atoms with E-state index in [0.717, 1.165) is 25.7 Å². The first kappa shape index (κ1) is 16.5. The molecule has 3 N–H and O–H groups in total. The summed E-state index contributed by atoms with van der Waals surface area (Å²) in [7, 11) is -3.57. The fraction of sp³-hybridized carbons (Fsp3) is 0.786. The van der Waals surface area contributed by atoms with Crippen LogP contribution in [0.4, 0.5) is 0 Å². The molecular formula is C14H26N4O2S. The van der Waals surface area contributed by atoms with Crippen LogP contribution in [0.3, 0.4) is 0 Å². The molecule has 0 aromatic carbocycles. The first-order chi connectivity index (χ1) is 9.75. The van der Waals surface area contributed by atoms with Gasteiger partial charge in [0.1, 0.15) is 4.90 Å². The minimum Gasteiger partial charge on any atom is -0.308 e. The molecule has 0 saturated heterocycles. The van der Waals surface area contributed by atoms with Gasteiger partial charge in [-0.3, -0.25) is 5.10 Å². The van der Waals surface area contributed by atoms with Crippen LogP contribution < -0.4 is 10.0 Å². The Kier molecular flexibility index (Phi) is 4.75. The molecule has 1 aromatic rings. The standard InChI is InChI=1S/C14H26N4O2S/c1-5-8-14(3,4)18-21(19,20)13-10(2)16-17-12(13)9-15-11-6-7-11/h11,15,18H,5-9H2,1-4H3,(H,16,17). The van der Waals surface area contributed by atoms with E-state index in [1.807, 2.05) is 20.8 Å². The predicted molar refractivity (Wildman–Crippen MR) is 82.5 cm³/mol. The highest BCUT2D eigenvalue weighted by molar-refractivity contribution is 7.89. The Bertz CT molecular complexity index is 588. The number of sulfonamides is 1. The average molecular weight is 314 g/mol. The predicted octanol–water partition coefficient (Wildman–Crippen LogP) is 1.83. The molecule has 21 heavy (non-hydrogen) atoms. The van der Waals surface area contributed by atoms with Crippen LogP contribution in [0, 0.1) is 6.92 Å². The largest absolute Gasteiger partial charge is 0.308 e. The maximum atomic E-state index is 12.7. The van der Waals surface area contributed by atoms with Gasteiger partial charge in [-0.15, -0.1) is 0 Å². The van der Waals surface area contributed by atoms with Crippen molar-refractivity contribution in [3.63, 3.8) is 0 Å². The fourth-order valence-corrected chi connectivity index (χ4v) is 4.37. The third-order valence-electron chi connectivity index (χ3n) is 3.65. The molecular weight excluding hydrogens is 288 g/mol. The molecule has 6 nitrogen and oxygen atoms in total. The minimum absolute atomic E-state index is 0.292. The summed E-state index contributed by atoms with van der Waals surface area (Å²) < 4.78 is 28.2. The highest BCUT2D eigenvalue weighted by atomic mass is 32.2. The maximum Gasteiger partial charge on any atom is 0.244 e. The molecule has 0 unspecified atom stereocenters. The summed E-state index contributed by atoms with van der Waals surface area (Å²) in [6.07, 6.45) is 4.04. The zero-order valence-corrected chi connectivity index (χ0v) is 14.1. The number of nitrogens with zero attached hydrogens (tertiary/aromatic N) is 1. The summed E-state index contributed by atoms with van der Waals surface area (Å²) in [5.74, 6) is 0. The van der Waals surface area contributed by atoms with Crippen molar-refractivity contribution in [2.75, 3.05) is 0 Å². The number of aromatic nitrogens is 2. The molecule has 0 bridgehead atoms. The Balaban J connectivity index is 2.19. The molecule has 1 fully saturated rings. The Hall–Kier alpha value is -0.920. The quantitative estimate of drug-likeness (QED) is 0.683. The van der Waals surface area contributed by atoms with E-state index in [2.05, 4.69) is 20.2 Å². The Morgan fingerprint density at radius 2 is 2.05 bits per heavy atom. The topological polar surface area (TPSA) is 86.9 Å². The lowest BCUT2D eigenvalue weighted by Gasteiger charge is -2.25. The van der Waals surface area contributed by atoms with Crippen molar-refractivity contribution in [1.82, 2.24) is 20.2 Å². The Labute approximate surface area is 127 Å². The lowest BCUT2D eigenvalue weighted by Crippen LogP contribution is -2.43. The van der Waals surface area contributed by atoms with Gasteiger partial charge in [0.2, 0.25) is 10.0 Å². The van der Waals surface area contributed by atoms with Crippen LogP contribution in [0.1, 0.15) is 57.8 Å². The van der Waals surface area contributed by atoms with Gasteiger partial charge in [-0.1, -0.05) is 13.3 Å². The van der Waals surface area contributed by atoms with Crippen molar-refractivity contribution in [3.05, 3.63) is 11.4 Å². The van der Waals surface area contributed by atoms with Gasteiger partial charge in [0.05, 0.1) is 11.4 Å². The second kappa shape index (κ2) is 6.06. The molecule has 120 valence electrons. The van der Waals surface area contributed by atoms with Gasteiger partial charge in [-0.25, -0.2) is 13.1 Å². The highest BCUT2D eigenvalue weighted by Gasteiger charge is 2.31. The molecule has 0 atom stereocenters. The third-order valence-corrected chi connectivity index (χ3v) is 5.55. The summed E-state index contributed by atoms with van der Waals surface area (Å²) in [4.78, 5) is 0.292. The zero-order valence-electron chi connectivity index (χ0n) is 13.3. The molecule has 1 aromatic heterocycles. The number of nitrogens with one attached hydrogen (secondary N) is 3. The summed E-state index contributed by atoms with van der Waals surface area (Å²) in [6.45, 7) is 8.09. The molecule has 7 heteroatoms. The van der Waals surface area contributed by atoms with E-state index in [4.69, 9.17) is 0 Å². The van der Waals surface area contributed by atoms with E-state index in [1.165, 1.54) is 0 Å². The molecule has 1 aliphatic rings. The third kappa shape index (κ3) is 4.28. The molecule has 1 aliphatic carbocycles. The molecule has 1 heterocycles. The highest BCUT2D eigenvalue weighted by Crippen LogP contribution is 2.23. The summed E-state index contributed by atoms with van der Waals surface area (Å²) >= 11 is 0. The van der Waals surface area contributed by atoms with E-state index in [-0.39, 0.29) is 0 Å². The lowest BCUT2D eigenvalue weighted by atomic mass is 10.0. The number of H-pyrrole nitrogens is 1. The normalized spacial score (nSPS) is 16.4. The van der Waals surface area contributed by atoms with Gasteiger partial charge in [-0.05, 0) is 40.0 Å². The van der Waals surface area contributed by atoms with Gasteiger partial charge < -0.3 is 5.32 Å². The van der Waals surface area contributed by atoms with Crippen LogP contribution >= 0.6 is 0 Å². The average Bonchev–Trinajstić information content (AvgIpc) is 3.08. The van der Waals surface area contributed by atoms with Gasteiger partial charge in [0, 0.05) is 18.1 Å². The smallest absolute Gasteiger partial charge is 0.244 e. The van der Waals surface area contributed by atoms with Crippen molar-refractivity contribution in [2.45, 2.75) is 76.4 Å². The van der Waals surface area contributed by atoms with Gasteiger partial charge >= 0.3 is 0 Å². The second-order valence-electron chi connectivity index (χ2n) is 6.52. The van der Waals surface area contributed by atoms with Crippen molar-refractivity contribution < 1.29 is 8.42 Å². The number of hydrogen-bond acceptors (Lipinski definition) is 4. The van der Waals surface area contributed by atoms with Crippen LogP contribution in [-0.2, 0) is 16.6 Å². The summed E-state index contributed by atoms with van der Waals surface area (Å²) in [6, 6.07) is 0.516. The first-order valence-corrected chi connectivity index (χ1v) is 9.04. The number of hydrogen-bond donors (Lipinski definition) is 3. The summed E-state index contributed by atoms with van der Waals surface area (Å²) in [5.41, 5.74) is 0.694. The first-order valence-electron chi connectivity index (χ1n) is 7.56. The van der Waals surface area contributed by atoms with Crippen LogP contribution in [-0.4, -0.2) is 30.2 Å². The van der Waals surface area contributed by atoms with Crippen LogP contribution in [0.2, 0.25) is 0 Å². The van der Waals surface area contributed by atoms with Crippen LogP contribution in [0.5, 0.6) is 0 Å². The molecule has 0 radical (unpaired) electrons. The van der Waals surface area contributed by atoms with Gasteiger partial charge in [0.25, 0.3) is 0 Å².